The number of methoxy groups -OCH3 is 1. The summed E-state index contributed by atoms with van der Waals surface area (Å²) >= 11 is 0. The average molecular weight is 351 g/mol. The number of rotatable bonds is 7. The van der Waals surface area contributed by atoms with Crippen LogP contribution in [0.4, 0.5) is 17.5 Å². The molecule has 1 aromatic heterocycles. The van der Waals surface area contributed by atoms with Gasteiger partial charge in [-0.3, -0.25) is 0 Å². The third-order valence-electron chi connectivity index (χ3n) is 4.55. The number of nitrogens with one attached hydrogen (secondary N) is 1. The molecule has 0 unspecified atom stereocenters. The fraction of sp³-hybridized carbons (Fsp3) is 0.450. The maximum Gasteiger partial charge on any atom is 0.229 e. The Bertz CT molecular complexity index is 786. The fourth-order valence-corrected chi connectivity index (χ4v) is 3.37. The second-order valence-corrected chi connectivity index (χ2v) is 6.55. The molecule has 0 amide bonds. The highest BCUT2D eigenvalue weighted by atomic mass is 16.5. The van der Waals surface area contributed by atoms with Gasteiger partial charge in [-0.05, 0) is 37.5 Å². The van der Waals surface area contributed by atoms with Crippen molar-refractivity contribution in [2.45, 2.75) is 38.6 Å². The molecule has 1 saturated heterocycles. The number of aryl methyl sites for hydroxylation is 1. The average Bonchev–Trinajstić information content (AvgIpc) is 3.11. The molecule has 6 nitrogen and oxygen atoms in total. The van der Waals surface area contributed by atoms with Crippen LogP contribution in [-0.4, -0.2) is 36.3 Å². The van der Waals surface area contributed by atoms with E-state index in [1.807, 2.05) is 12.1 Å². The third kappa shape index (κ3) is 4.30. The van der Waals surface area contributed by atoms with Crippen molar-refractivity contribution in [1.29, 1.82) is 5.26 Å². The fourth-order valence-electron chi connectivity index (χ4n) is 3.37. The molecule has 136 valence electrons. The molecule has 0 radical (unpaired) electrons. The standard InChI is InChI=1S/C20H25N5O/c1-3-6-16-12-19(25-10-5-9-18(25)14-26-2)24-20(22-16)23-17-8-4-7-15(11-17)13-21/h4,7-8,11-12,18H,3,5-6,9-10,14H2,1-2H3,(H,22,23,24)/t18-/m0/s1. The lowest BCUT2D eigenvalue weighted by Gasteiger charge is -2.26. The van der Waals surface area contributed by atoms with Crippen molar-refractivity contribution in [2.75, 3.05) is 30.5 Å². The quantitative estimate of drug-likeness (QED) is 0.820. The second-order valence-electron chi connectivity index (χ2n) is 6.55. The van der Waals surface area contributed by atoms with E-state index >= 15 is 0 Å². The summed E-state index contributed by atoms with van der Waals surface area (Å²) in [6, 6.07) is 12.0. The molecule has 0 spiro atoms. The Kier molecular flexibility index (Phi) is 6.03. The van der Waals surface area contributed by atoms with Crippen molar-refractivity contribution in [3.63, 3.8) is 0 Å². The molecule has 1 atom stereocenters. The van der Waals surface area contributed by atoms with E-state index in [4.69, 9.17) is 15.0 Å². The largest absolute Gasteiger partial charge is 0.383 e. The Labute approximate surface area is 154 Å². The van der Waals surface area contributed by atoms with Crippen molar-refractivity contribution >= 4 is 17.5 Å². The van der Waals surface area contributed by atoms with Gasteiger partial charge in [0, 0.05) is 31.1 Å². The third-order valence-corrected chi connectivity index (χ3v) is 4.55. The zero-order valence-electron chi connectivity index (χ0n) is 15.4. The molecule has 2 aromatic rings. The van der Waals surface area contributed by atoms with Crippen LogP contribution < -0.4 is 10.2 Å². The number of ether oxygens (including phenoxy) is 1. The van der Waals surface area contributed by atoms with E-state index in [9.17, 15) is 0 Å². The number of anilines is 3. The highest BCUT2D eigenvalue weighted by molar-refractivity contribution is 5.58. The van der Waals surface area contributed by atoms with E-state index in [0.29, 0.717) is 24.2 Å². The minimum Gasteiger partial charge on any atom is -0.383 e. The summed E-state index contributed by atoms with van der Waals surface area (Å²) in [4.78, 5) is 11.7. The number of hydrogen-bond donors (Lipinski definition) is 1. The van der Waals surface area contributed by atoms with Gasteiger partial charge in [0.2, 0.25) is 5.95 Å². The van der Waals surface area contributed by atoms with Gasteiger partial charge >= 0.3 is 0 Å². The molecule has 1 fully saturated rings. The van der Waals surface area contributed by atoms with Crippen LogP contribution in [0.15, 0.2) is 30.3 Å². The van der Waals surface area contributed by atoms with Crippen molar-refractivity contribution < 1.29 is 4.74 Å². The molecule has 0 bridgehead atoms. The number of aromatic nitrogens is 2. The number of nitriles is 1. The highest BCUT2D eigenvalue weighted by Crippen LogP contribution is 2.26. The van der Waals surface area contributed by atoms with Gasteiger partial charge in [-0.25, -0.2) is 4.98 Å². The molecule has 6 heteroatoms. The molecule has 1 aliphatic rings. The van der Waals surface area contributed by atoms with Gasteiger partial charge in [0.05, 0.1) is 24.3 Å². The Morgan fingerprint density at radius 2 is 2.23 bits per heavy atom. The van der Waals surface area contributed by atoms with Crippen molar-refractivity contribution in [1.82, 2.24) is 9.97 Å². The topological polar surface area (TPSA) is 74.1 Å². The maximum atomic E-state index is 9.08. The Balaban J connectivity index is 1.89. The van der Waals surface area contributed by atoms with Gasteiger partial charge in [-0.15, -0.1) is 0 Å². The van der Waals surface area contributed by atoms with Gasteiger partial charge < -0.3 is 15.0 Å². The van der Waals surface area contributed by atoms with E-state index in [0.717, 1.165) is 49.4 Å². The summed E-state index contributed by atoms with van der Waals surface area (Å²) < 4.78 is 5.38. The Morgan fingerprint density at radius 3 is 3.00 bits per heavy atom. The molecule has 26 heavy (non-hydrogen) atoms. The maximum absolute atomic E-state index is 9.08. The van der Waals surface area contributed by atoms with Crippen LogP contribution in [0.2, 0.25) is 0 Å². The monoisotopic (exact) mass is 351 g/mol. The number of nitrogens with zero attached hydrogens (tertiary/aromatic N) is 4. The lowest BCUT2D eigenvalue weighted by atomic mass is 10.2. The van der Waals surface area contributed by atoms with Crippen molar-refractivity contribution in [3.05, 3.63) is 41.6 Å². The molecule has 1 aromatic carbocycles. The number of hydrogen-bond acceptors (Lipinski definition) is 6. The molecular formula is C20H25N5O. The van der Waals surface area contributed by atoms with Gasteiger partial charge in [0.25, 0.3) is 0 Å². The first-order chi connectivity index (χ1) is 12.7. The molecule has 1 aliphatic heterocycles. The van der Waals surface area contributed by atoms with Crippen LogP contribution in [-0.2, 0) is 11.2 Å². The van der Waals surface area contributed by atoms with Gasteiger partial charge in [-0.2, -0.15) is 10.2 Å². The van der Waals surface area contributed by atoms with E-state index < -0.39 is 0 Å². The van der Waals surface area contributed by atoms with E-state index in [1.165, 1.54) is 0 Å². The summed E-state index contributed by atoms with van der Waals surface area (Å²) in [5.41, 5.74) is 2.46. The minimum atomic E-state index is 0.360. The molecule has 3 rings (SSSR count). The summed E-state index contributed by atoms with van der Waals surface area (Å²) in [7, 11) is 1.74. The van der Waals surface area contributed by atoms with Crippen molar-refractivity contribution in [2.24, 2.45) is 0 Å². The summed E-state index contributed by atoms with van der Waals surface area (Å²) in [6.45, 7) is 3.84. The van der Waals surface area contributed by atoms with Gasteiger partial charge in [0.1, 0.15) is 5.82 Å². The smallest absolute Gasteiger partial charge is 0.229 e. The lowest BCUT2D eigenvalue weighted by Crippen LogP contribution is -2.33. The first kappa shape index (κ1) is 18.2. The van der Waals surface area contributed by atoms with Crippen molar-refractivity contribution in [3.8, 4) is 6.07 Å². The SMILES string of the molecule is CCCc1cc(N2CCC[C@H]2COC)nc(Nc2cccc(C#N)c2)n1. The van der Waals surface area contributed by atoms with E-state index in [-0.39, 0.29) is 0 Å². The van der Waals surface area contributed by atoms with E-state index in [2.05, 4.69) is 34.3 Å². The number of benzene rings is 1. The summed E-state index contributed by atoms with van der Waals surface area (Å²) in [6.07, 6.45) is 4.20. The zero-order chi connectivity index (χ0) is 18.4. The summed E-state index contributed by atoms with van der Waals surface area (Å²) in [5, 5.41) is 12.3. The predicted molar refractivity (Wildman–Crippen MR) is 103 cm³/mol. The molecule has 0 aliphatic carbocycles. The molecule has 2 heterocycles. The molecule has 0 saturated carbocycles. The van der Waals surface area contributed by atoms with Crippen LogP contribution >= 0.6 is 0 Å². The Morgan fingerprint density at radius 1 is 1.35 bits per heavy atom. The van der Waals surface area contributed by atoms with Gasteiger partial charge in [-0.1, -0.05) is 19.4 Å². The highest BCUT2D eigenvalue weighted by Gasteiger charge is 2.26. The predicted octanol–water partition coefficient (Wildman–Crippen LogP) is 3.66. The first-order valence-electron chi connectivity index (χ1n) is 9.14. The van der Waals surface area contributed by atoms with Gasteiger partial charge in [0.15, 0.2) is 0 Å². The lowest BCUT2D eigenvalue weighted by molar-refractivity contribution is 0.180. The normalized spacial score (nSPS) is 16.5. The zero-order valence-corrected chi connectivity index (χ0v) is 15.4. The summed E-state index contributed by atoms with van der Waals surface area (Å²) in [5.74, 6) is 1.52. The van der Waals surface area contributed by atoms with Crippen LogP contribution in [0.25, 0.3) is 0 Å². The van der Waals surface area contributed by atoms with E-state index in [1.54, 1.807) is 19.2 Å². The molecular weight excluding hydrogens is 326 g/mol. The Hall–Kier alpha value is -2.65. The minimum absolute atomic E-state index is 0.360. The van der Waals surface area contributed by atoms with Crippen LogP contribution in [0, 0.1) is 11.3 Å². The van der Waals surface area contributed by atoms with Crippen LogP contribution in [0.3, 0.4) is 0 Å². The first-order valence-corrected chi connectivity index (χ1v) is 9.14. The van der Waals surface area contributed by atoms with Crippen LogP contribution in [0.1, 0.15) is 37.4 Å². The van der Waals surface area contributed by atoms with Crippen LogP contribution in [0.5, 0.6) is 0 Å². The second kappa shape index (κ2) is 8.63. The molecule has 1 N–H and O–H groups in total.